The van der Waals surface area contributed by atoms with E-state index in [0.29, 0.717) is 77.7 Å². The summed E-state index contributed by atoms with van der Waals surface area (Å²) >= 11 is 6.25. The van der Waals surface area contributed by atoms with Crippen LogP contribution in [-0.2, 0) is 20.8 Å². The lowest BCUT2D eigenvalue weighted by Crippen LogP contribution is -2.74. The first-order valence-electron chi connectivity index (χ1n) is 22.6. The van der Waals surface area contributed by atoms with Crippen molar-refractivity contribution in [1.29, 1.82) is 5.26 Å². The maximum atomic E-state index is 13.7. The van der Waals surface area contributed by atoms with Gasteiger partial charge >= 0.3 is 0 Å². The number of piperidine rings is 3. The van der Waals surface area contributed by atoms with Crippen molar-refractivity contribution in [3.63, 3.8) is 0 Å². The molecule has 0 radical (unpaired) electrons. The van der Waals surface area contributed by atoms with E-state index in [-0.39, 0.29) is 59.5 Å². The van der Waals surface area contributed by atoms with Crippen molar-refractivity contribution in [1.82, 2.24) is 45.5 Å². The fourth-order valence-electron chi connectivity index (χ4n) is 10.7. The Bertz CT molecular complexity index is 2800. The minimum atomic E-state index is -0.890. The van der Waals surface area contributed by atoms with Gasteiger partial charge in [0, 0.05) is 72.7 Å². The van der Waals surface area contributed by atoms with Crippen LogP contribution in [0.4, 0.5) is 5.69 Å². The highest BCUT2D eigenvalue weighted by Gasteiger charge is 2.64. The summed E-state index contributed by atoms with van der Waals surface area (Å²) in [5.41, 5.74) is 2.64. The normalized spacial score (nSPS) is 22.0. The highest BCUT2D eigenvalue weighted by Crippen LogP contribution is 2.55. The van der Waals surface area contributed by atoms with E-state index in [9.17, 15) is 29.2 Å². The molecule has 1 unspecified atom stereocenters. The molecule has 2 N–H and O–H groups in total. The number of ether oxygens (including phenoxy) is 1. The van der Waals surface area contributed by atoms with Gasteiger partial charge in [-0.05, 0) is 99.0 Å². The third kappa shape index (κ3) is 8.50. The molecule has 2 aromatic heterocycles. The summed E-state index contributed by atoms with van der Waals surface area (Å²) in [6, 6.07) is 18.8. The Morgan fingerprint density at radius 3 is 2.27 bits per heavy atom. The zero-order chi connectivity index (χ0) is 46.5. The number of amides is 4. The Balaban J connectivity index is 0.735. The highest BCUT2D eigenvalue weighted by molar-refractivity contribution is 6.31. The average molecular weight is 914 g/mol. The lowest BCUT2D eigenvalue weighted by atomic mass is 9.49. The molecule has 18 heteroatoms. The number of hydrogen-bond donors (Lipinski definition) is 2. The van der Waals surface area contributed by atoms with Gasteiger partial charge in [-0.25, -0.2) is 4.68 Å². The molecule has 342 valence electrons. The molecular weight excluding hydrogens is 862 g/mol. The maximum absolute atomic E-state index is 13.7. The van der Waals surface area contributed by atoms with Gasteiger partial charge in [-0.15, -0.1) is 10.2 Å². The lowest BCUT2D eigenvalue weighted by Gasteiger charge is -2.63. The second kappa shape index (κ2) is 17.6. The van der Waals surface area contributed by atoms with E-state index in [2.05, 4.69) is 69.9 Å². The number of halogens is 1. The minimum absolute atomic E-state index is 0.0726. The number of likely N-dealkylation sites (tertiary alicyclic amines) is 1. The van der Waals surface area contributed by atoms with E-state index in [1.165, 1.54) is 0 Å². The largest absolute Gasteiger partial charge is 0.489 e. The average Bonchev–Trinajstić information content (AvgIpc) is 3.78. The number of nitriles is 1. The van der Waals surface area contributed by atoms with Gasteiger partial charge in [0.25, 0.3) is 17.4 Å². The van der Waals surface area contributed by atoms with Crippen molar-refractivity contribution >= 4 is 51.8 Å². The van der Waals surface area contributed by atoms with Gasteiger partial charge in [-0.2, -0.15) is 9.94 Å². The van der Waals surface area contributed by atoms with Crippen molar-refractivity contribution in [2.45, 2.75) is 90.8 Å². The Hall–Kier alpha value is -6.67. The Morgan fingerprint density at radius 1 is 0.879 bits per heavy atom. The third-order valence-electron chi connectivity index (χ3n) is 14.2. The maximum Gasteiger partial charge on any atom is 0.278 e. The fraction of sp³-hybridized carbons (Fsp3) is 0.458. The summed E-state index contributed by atoms with van der Waals surface area (Å²) in [7, 11) is 0. The summed E-state index contributed by atoms with van der Waals surface area (Å²) in [6.07, 6.45) is 5.95. The number of nitrogens with zero attached hydrogens (tertiary/aromatic N) is 9. The molecule has 66 heavy (non-hydrogen) atoms. The number of nitrogens with one attached hydrogen (secondary N) is 2. The first-order chi connectivity index (χ1) is 31.6. The number of imide groups is 1. The van der Waals surface area contributed by atoms with E-state index in [1.807, 2.05) is 29.3 Å². The zero-order valence-electron chi connectivity index (χ0n) is 37.4. The number of anilines is 1. The molecule has 0 spiro atoms. The molecule has 3 saturated heterocycles. The van der Waals surface area contributed by atoms with Crippen LogP contribution in [0.2, 0.25) is 5.02 Å². The molecule has 1 atom stereocenters. The quantitative estimate of drug-likeness (QED) is 0.174. The van der Waals surface area contributed by atoms with Crippen LogP contribution in [0.5, 0.6) is 5.75 Å². The predicted octanol–water partition coefficient (Wildman–Crippen LogP) is 5.18. The van der Waals surface area contributed by atoms with Gasteiger partial charge < -0.3 is 19.9 Å². The first-order valence-corrected chi connectivity index (χ1v) is 22.9. The van der Waals surface area contributed by atoms with Crippen molar-refractivity contribution < 1.29 is 23.9 Å². The monoisotopic (exact) mass is 913 g/mol. The predicted molar refractivity (Wildman–Crippen MR) is 244 cm³/mol. The lowest BCUT2D eigenvalue weighted by molar-refractivity contribution is -0.164. The van der Waals surface area contributed by atoms with E-state index >= 15 is 0 Å². The van der Waals surface area contributed by atoms with Crippen LogP contribution in [0.3, 0.4) is 0 Å². The number of carbonyl (C=O) groups is 4. The molecule has 4 amide bonds. The van der Waals surface area contributed by atoms with E-state index < -0.39 is 17.5 Å². The van der Waals surface area contributed by atoms with Crippen molar-refractivity contribution in [3.8, 4) is 17.5 Å². The van der Waals surface area contributed by atoms with Gasteiger partial charge in [0.15, 0.2) is 0 Å². The second-order valence-electron chi connectivity index (χ2n) is 19.2. The summed E-state index contributed by atoms with van der Waals surface area (Å²) in [6.45, 7) is 11.0. The summed E-state index contributed by atoms with van der Waals surface area (Å²) in [5, 5.41) is 32.4. The van der Waals surface area contributed by atoms with Crippen molar-refractivity contribution in [2.75, 3.05) is 31.1 Å². The van der Waals surface area contributed by atoms with Crippen LogP contribution in [-0.4, -0.2) is 96.8 Å². The molecule has 9 rings (SSSR count). The molecular formula is C48H52ClN11O6. The molecule has 0 bridgehead atoms. The Labute approximate surface area is 386 Å². The van der Waals surface area contributed by atoms with Crippen LogP contribution < -0.4 is 25.8 Å². The smallest absolute Gasteiger partial charge is 0.278 e. The van der Waals surface area contributed by atoms with Crippen molar-refractivity contribution in [2.24, 2.45) is 22.7 Å². The summed E-state index contributed by atoms with van der Waals surface area (Å²) in [5.74, 6) is -0.0314. The van der Waals surface area contributed by atoms with E-state index in [0.717, 1.165) is 41.0 Å². The van der Waals surface area contributed by atoms with Gasteiger partial charge in [0.1, 0.15) is 29.5 Å². The van der Waals surface area contributed by atoms with Gasteiger partial charge in [-0.1, -0.05) is 49.7 Å². The molecule has 1 aliphatic carbocycles. The number of aromatic nitrogens is 6. The number of fused-ring (bicyclic) bond motifs is 1. The van der Waals surface area contributed by atoms with Crippen LogP contribution in [0.15, 0.2) is 71.7 Å². The van der Waals surface area contributed by atoms with Crippen molar-refractivity contribution in [3.05, 3.63) is 99.1 Å². The number of rotatable bonds is 10. The fourth-order valence-corrected chi connectivity index (χ4v) is 11.0. The number of carbonyl (C=O) groups excluding carboxylic acids is 4. The SMILES string of the molecule is CC1(C)[C@H](NC(=O)c2ccc(-n3cc(CC4CCN(C(=O)C5CCN(c6ccc7nnn(C8CCC(=O)NC8=O)c(=O)c7c6)CC5)CC4)nn3)cc2)C(C)(C)[C@H]1Oc1ccc(C#N)c(Cl)c1. The first kappa shape index (κ1) is 44.5. The molecule has 17 nitrogen and oxygen atoms in total. The number of hydrogen-bond acceptors (Lipinski definition) is 12. The van der Waals surface area contributed by atoms with Gasteiger partial charge in [-0.3, -0.25) is 29.3 Å². The molecule has 3 aromatic carbocycles. The second-order valence-corrected chi connectivity index (χ2v) is 19.7. The van der Waals surface area contributed by atoms with Crippen LogP contribution in [0.1, 0.15) is 93.9 Å². The summed E-state index contributed by atoms with van der Waals surface area (Å²) < 4.78 is 9.17. The molecule has 4 aliphatic rings. The third-order valence-corrected chi connectivity index (χ3v) is 14.5. The van der Waals surface area contributed by atoms with Gasteiger partial charge in [0.05, 0.1) is 33.6 Å². The molecule has 4 fully saturated rings. The molecule has 5 heterocycles. The number of benzene rings is 3. The molecule has 3 aliphatic heterocycles. The Morgan fingerprint density at radius 2 is 1.59 bits per heavy atom. The molecule has 5 aromatic rings. The van der Waals surface area contributed by atoms with Crippen LogP contribution in [0.25, 0.3) is 16.6 Å². The van der Waals surface area contributed by atoms with E-state index in [4.69, 9.17) is 16.3 Å². The highest BCUT2D eigenvalue weighted by atomic mass is 35.5. The summed E-state index contributed by atoms with van der Waals surface area (Å²) in [4.78, 5) is 68.9. The van der Waals surface area contributed by atoms with Gasteiger partial charge in [0.2, 0.25) is 11.8 Å². The topological polar surface area (TPSA) is 210 Å². The standard InChI is InChI=1S/C48H52ClN11O6/c1-47(2)45(48(3,4)46(47)66-35-11-7-31(26-50)37(49)25-35)52-41(62)29-5-8-33(9-6-29)59-27-32(53-55-59)23-28-15-19-58(20-16-28)43(64)30-17-21-57(22-18-30)34-10-12-38-36(24-34)44(65)60(56-54-38)39-13-14-40(61)51-42(39)63/h5-12,24-25,27-28,30,39,45-46H,13-23H2,1-4H3,(H,52,62)(H,51,61,63)/t39?,45-,46-. The molecule has 1 saturated carbocycles. The van der Waals surface area contributed by atoms with Crippen LogP contribution >= 0.6 is 11.6 Å². The van der Waals surface area contributed by atoms with Crippen LogP contribution in [0, 0.1) is 34.0 Å². The van der Waals surface area contributed by atoms with E-state index in [1.54, 1.807) is 47.1 Å². The zero-order valence-corrected chi connectivity index (χ0v) is 38.1. The minimum Gasteiger partial charge on any atom is -0.489 e. The Kier molecular flexibility index (Phi) is 11.9.